The van der Waals surface area contributed by atoms with Gasteiger partial charge in [-0.15, -0.1) is 0 Å². The molecule has 0 aliphatic rings. The molecule has 1 aromatic carbocycles. The average Bonchev–Trinajstić information content (AvgIpc) is 2.37. The lowest BCUT2D eigenvalue weighted by Gasteiger charge is -2.19. The lowest BCUT2D eigenvalue weighted by molar-refractivity contribution is -0.139. The SMILES string of the molecule is COc1ccccc1[C@H](C)NC(=O)C(N)CC(=O)O. The number of ether oxygens (including phenoxy) is 1. The summed E-state index contributed by atoms with van der Waals surface area (Å²) >= 11 is 0. The van der Waals surface area contributed by atoms with Crippen LogP contribution in [0.2, 0.25) is 0 Å². The Labute approximate surface area is 111 Å². The van der Waals surface area contributed by atoms with Crippen molar-refractivity contribution >= 4 is 11.9 Å². The maximum atomic E-state index is 11.7. The number of hydrogen-bond acceptors (Lipinski definition) is 4. The van der Waals surface area contributed by atoms with E-state index in [-0.39, 0.29) is 6.04 Å². The third kappa shape index (κ3) is 4.26. The highest BCUT2D eigenvalue weighted by molar-refractivity contribution is 5.86. The molecule has 1 amide bonds. The number of nitrogens with one attached hydrogen (secondary N) is 1. The van der Waals surface area contributed by atoms with Crippen molar-refractivity contribution in [3.05, 3.63) is 29.8 Å². The van der Waals surface area contributed by atoms with Crippen molar-refractivity contribution < 1.29 is 19.4 Å². The standard InChI is InChI=1S/C13H18N2O4/c1-8(9-5-3-4-6-11(9)19-2)15-13(18)10(14)7-12(16)17/h3-6,8,10H,7,14H2,1-2H3,(H,15,18)(H,16,17)/t8-,10?/m0/s1. The molecule has 1 unspecified atom stereocenters. The second-order valence-corrected chi connectivity index (χ2v) is 4.18. The first-order valence-electron chi connectivity index (χ1n) is 5.86. The third-order valence-corrected chi connectivity index (χ3v) is 2.70. The maximum absolute atomic E-state index is 11.7. The largest absolute Gasteiger partial charge is 0.496 e. The molecule has 19 heavy (non-hydrogen) atoms. The van der Waals surface area contributed by atoms with E-state index >= 15 is 0 Å². The topological polar surface area (TPSA) is 102 Å². The van der Waals surface area contributed by atoms with Gasteiger partial charge in [0.1, 0.15) is 5.75 Å². The smallest absolute Gasteiger partial charge is 0.305 e. The fourth-order valence-corrected chi connectivity index (χ4v) is 1.70. The fourth-order valence-electron chi connectivity index (χ4n) is 1.70. The predicted molar refractivity (Wildman–Crippen MR) is 69.8 cm³/mol. The Hall–Kier alpha value is -2.08. The summed E-state index contributed by atoms with van der Waals surface area (Å²) in [7, 11) is 1.55. The van der Waals surface area contributed by atoms with Crippen molar-refractivity contribution in [1.29, 1.82) is 0 Å². The molecule has 104 valence electrons. The zero-order valence-corrected chi connectivity index (χ0v) is 10.9. The molecule has 0 saturated heterocycles. The Morgan fingerprint density at radius 3 is 2.63 bits per heavy atom. The molecule has 0 radical (unpaired) electrons. The van der Waals surface area contributed by atoms with Crippen molar-refractivity contribution in [2.24, 2.45) is 5.73 Å². The molecule has 1 aromatic rings. The lowest BCUT2D eigenvalue weighted by atomic mass is 10.1. The van der Waals surface area contributed by atoms with Gasteiger partial charge in [-0.1, -0.05) is 18.2 Å². The molecule has 0 aromatic heterocycles. The first-order chi connectivity index (χ1) is 8.95. The van der Waals surface area contributed by atoms with Crippen molar-refractivity contribution in [3.8, 4) is 5.75 Å². The number of methoxy groups -OCH3 is 1. The molecule has 1 rings (SSSR count). The fraction of sp³-hybridized carbons (Fsp3) is 0.385. The first kappa shape index (κ1) is 15.0. The minimum absolute atomic E-state index is 0.316. The van der Waals surface area contributed by atoms with Gasteiger partial charge in [0.15, 0.2) is 0 Å². The Kier molecular flexibility index (Phi) is 5.32. The summed E-state index contributed by atoms with van der Waals surface area (Å²) in [6, 6.07) is 5.89. The highest BCUT2D eigenvalue weighted by Gasteiger charge is 2.20. The van der Waals surface area contributed by atoms with E-state index in [2.05, 4.69) is 5.32 Å². The molecule has 0 heterocycles. The summed E-state index contributed by atoms with van der Waals surface area (Å²) in [6.07, 6.45) is -0.398. The van der Waals surface area contributed by atoms with Crippen molar-refractivity contribution in [2.45, 2.75) is 25.4 Å². The van der Waals surface area contributed by atoms with E-state index in [9.17, 15) is 9.59 Å². The minimum Gasteiger partial charge on any atom is -0.496 e. The predicted octanol–water partition coefficient (Wildman–Crippen LogP) is 0.674. The van der Waals surface area contributed by atoms with Crippen LogP contribution in [0.1, 0.15) is 24.9 Å². The average molecular weight is 266 g/mol. The first-order valence-corrected chi connectivity index (χ1v) is 5.86. The summed E-state index contributed by atoms with van der Waals surface area (Å²) in [4.78, 5) is 22.2. The van der Waals surface area contributed by atoms with E-state index in [1.807, 2.05) is 18.2 Å². The van der Waals surface area contributed by atoms with Crippen molar-refractivity contribution in [3.63, 3.8) is 0 Å². The quantitative estimate of drug-likeness (QED) is 0.702. The van der Waals surface area contributed by atoms with Crippen LogP contribution in [0.3, 0.4) is 0 Å². The lowest BCUT2D eigenvalue weighted by Crippen LogP contribution is -2.42. The number of carbonyl (C=O) groups excluding carboxylic acids is 1. The molecule has 6 heteroatoms. The summed E-state index contributed by atoms with van der Waals surface area (Å²) in [5.74, 6) is -0.949. The molecule has 0 bridgehead atoms. The van der Waals surface area contributed by atoms with Crippen LogP contribution in [0.25, 0.3) is 0 Å². The summed E-state index contributed by atoms with van der Waals surface area (Å²) in [5.41, 5.74) is 6.30. The highest BCUT2D eigenvalue weighted by Crippen LogP contribution is 2.24. The van der Waals surface area contributed by atoms with Crippen molar-refractivity contribution in [1.82, 2.24) is 5.32 Å². The van der Waals surface area contributed by atoms with E-state index in [0.29, 0.717) is 5.75 Å². The van der Waals surface area contributed by atoms with Gasteiger partial charge >= 0.3 is 5.97 Å². The van der Waals surface area contributed by atoms with Gasteiger partial charge in [-0.2, -0.15) is 0 Å². The molecule has 0 saturated carbocycles. The van der Waals surface area contributed by atoms with E-state index in [0.717, 1.165) is 5.56 Å². The summed E-state index contributed by atoms with van der Waals surface area (Å²) < 4.78 is 5.20. The van der Waals surface area contributed by atoms with Gasteiger partial charge < -0.3 is 20.9 Å². The zero-order chi connectivity index (χ0) is 14.4. The van der Waals surface area contributed by atoms with Gasteiger partial charge in [-0.3, -0.25) is 9.59 Å². The summed E-state index contributed by atoms with van der Waals surface area (Å²) in [6.45, 7) is 1.78. The number of aliphatic carboxylic acids is 1. The van der Waals surface area contributed by atoms with Gasteiger partial charge in [-0.25, -0.2) is 0 Å². The molecule has 4 N–H and O–H groups in total. The Morgan fingerprint density at radius 2 is 2.05 bits per heavy atom. The second kappa shape index (κ2) is 6.75. The van der Waals surface area contributed by atoms with Gasteiger partial charge in [0.05, 0.1) is 25.6 Å². The maximum Gasteiger partial charge on any atom is 0.305 e. The molecular weight excluding hydrogens is 248 g/mol. The van der Waals surface area contributed by atoms with Gasteiger partial charge in [0.25, 0.3) is 0 Å². The van der Waals surface area contributed by atoms with Crippen molar-refractivity contribution in [2.75, 3.05) is 7.11 Å². The highest BCUT2D eigenvalue weighted by atomic mass is 16.5. The zero-order valence-electron chi connectivity index (χ0n) is 10.9. The van der Waals surface area contributed by atoms with Crippen LogP contribution in [-0.4, -0.2) is 30.1 Å². The van der Waals surface area contributed by atoms with E-state index in [1.54, 1.807) is 20.1 Å². The number of rotatable bonds is 6. The van der Waals surface area contributed by atoms with Crippen LogP contribution in [0.5, 0.6) is 5.75 Å². The Bertz CT molecular complexity index is 462. The number of hydrogen-bond donors (Lipinski definition) is 3. The Balaban J connectivity index is 2.71. The molecule has 0 aliphatic heterocycles. The number of nitrogens with two attached hydrogens (primary N) is 1. The monoisotopic (exact) mass is 266 g/mol. The van der Waals surface area contributed by atoms with E-state index < -0.39 is 24.3 Å². The molecule has 6 nitrogen and oxygen atoms in total. The number of carbonyl (C=O) groups is 2. The normalized spacial score (nSPS) is 13.4. The number of carboxylic acid groups (broad SMARTS) is 1. The van der Waals surface area contributed by atoms with Crippen LogP contribution in [0, 0.1) is 0 Å². The molecule has 2 atom stereocenters. The van der Waals surface area contributed by atoms with Gasteiger partial charge in [-0.05, 0) is 13.0 Å². The van der Waals surface area contributed by atoms with Crippen LogP contribution < -0.4 is 15.8 Å². The number of carboxylic acids is 1. The molecule has 0 spiro atoms. The minimum atomic E-state index is -1.10. The van der Waals surface area contributed by atoms with E-state index in [4.69, 9.17) is 15.6 Å². The number of para-hydroxylation sites is 1. The van der Waals surface area contributed by atoms with Gasteiger partial charge in [0.2, 0.25) is 5.91 Å². The third-order valence-electron chi connectivity index (χ3n) is 2.70. The summed E-state index contributed by atoms with van der Waals surface area (Å²) in [5, 5.41) is 11.3. The van der Waals surface area contributed by atoms with Crippen LogP contribution in [0.4, 0.5) is 0 Å². The van der Waals surface area contributed by atoms with E-state index in [1.165, 1.54) is 0 Å². The second-order valence-electron chi connectivity index (χ2n) is 4.18. The van der Waals surface area contributed by atoms with Crippen LogP contribution in [-0.2, 0) is 9.59 Å². The number of amides is 1. The van der Waals surface area contributed by atoms with Crippen LogP contribution >= 0.6 is 0 Å². The number of benzene rings is 1. The Morgan fingerprint density at radius 1 is 1.42 bits per heavy atom. The molecule has 0 fully saturated rings. The molecular formula is C13H18N2O4. The van der Waals surface area contributed by atoms with Crippen LogP contribution in [0.15, 0.2) is 24.3 Å². The molecule has 0 aliphatic carbocycles. The van der Waals surface area contributed by atoms with Gasteiger partial charge in [0, 0.05) is 5.56 Å².